The fourth-order valence-corrected chi connectivity index (χ4v) is 2.81. The summed E-state index contributed by atoms with van der Waals surface area (Å²) in [5.74, 6) is -1.78. The Balaban J connectivity index is 1.80. The van der Waals surface area contributed by atoms with Crippen molar-refractivity contribution in [2.24, 2.45) is 5.73 Å². The summed E-state index contributed by atoms with van der Waals surface area (Å²) >= 11 is 0. The highest BCUT2D eigenvalue weighted by atomic mass is 19.1. The van der Waals surface area contributed by atoms with E-state index in [-0.39, 0.29) is 16.7 Å². The van der Waals surface area contributed by atoms with Crippen molar-refractivity contribution < 1.29 is 23.1 Å². The number of carbonyl (C=O) groups is 2. The van der Waals surface area contributed by atoms with Crippen molar-refractivity contribution in [1.29, 1.82) is 0 Å². The van der Waals surface area contributed by atoms with Gasteiger partial charge < -0.3 is 15.8 Å². The smallest absolute Gasteiger partial charge is 0.338 e. The minimum Gasteiger partial charge on any atom is -0.454 e. The van der Waals surface area contributed by atoms with E-state index in [2.05, 4.69) is 5.32 Å². The average Bonchev–Trinajstić information content (AvgIpc) is 2.95. The number of fused-ring (bicyclic) bond motifs is 1. The van der Waals surface area contributed by atoms with Crippen LogP contribution in [-0.2, 0) is 11.2 Å². The van der Waals surface area contributed by atoms with Crippen LogP contribution in [0, 0.1) is 11.6 Å². The van der Waals surface area contributed by atoms with Crippen LogP contribution >= 0.6 is 0 Å². The number of nitrogens with one attached hydrogen (secondary N) is 1. The van der Waals surface area contributed by atoms with Gasteiger partial charge >= 0.3 is 12.0 Å². The van der Waals surface area contributed by atoms with E-state index in [1.807, 2.05) is 0 Å². The van der Waals surface area contributed by atoms with Crippen molar-refractivity contribution in [3.05, 3.63) is 64.7 Å². The summed E-state index contributed by atoms with van der Waals surface area (Å²) in [7, 11) is 0. The number of carbonyl (C=O) groups excluding carboxylic acids is 2. The highest BCUT2D eigenvalue weighted by molar-refractivity contribution is 5.93. The Kier molecular flexibility index (Phi) is 4.16. The largest absolute Gasteiger partial charge is 0.454 e. The second-order valence-corrected chi connectivity index (χ2v) is 5.42. The van der Waals surface area contributed by atoms with Crippen molar-refractivity contribution in [2.75, 3.05) is 5.32 Å². The summed E-state index contributed by atoms with van der Waals surface area (Å²) < 4.78 is 33.0. The summed E-state index contributed by atoms with van der Waals surface area (Å²) in [6, 6.07) is 7.32. The second-order valence-electron chi connectivity index (χ2n) is 5.42. The predicted molar refractivity (Wildman–Crippen MR) is 82.5 cm³/mol. The van der Waals surface area contributed by atoms with Gasteiger partial charge in [0.15, 0.2) is 0 Å². The number of urea groups is 1. The van der Waals surface area contributed by atoms with Crippen LogP contribution < -0.4 is 11.1 Å². The van der Waals surface area contributed by atoms with E-state index in [4.69, 9.17) is 10.5 Å². The van der Waals surface area contributed by atoms with Crippen LogP contribution in [0.25, 0.3) is 0 Å². The molecule has 7 heteroatoms. The summed E-state index contributed by atoms with van der Waals surface area (Å²) in [4.78, 5) is 23.1. The zero-order chi connectivity index (χ0) is 17.3. The van der Waals surface area contributed by atoms with E-state index < -0.39 is 29.7 Å². The SMILES string of the molecule is NC(=O)Nc1cccc(C(=O)OC2CCc3c(F)ccc(F)c32)c1. The fourth-order valence-electron chi connectivity index (χ4n) is 2.81. The molecule has 0 heterocycles. The molecule has 1 aliphatic rings. The van der Waals surface area contributed by atoms with Crippen LogP contribution in [-0.4, -0.2) is 12.0 Å². The number of esters is 1. The number of amides is 2. The molecule has 0 spiro atoms. The molecule has 0 saturated heterocycles. The van der Waals surface area contributed by atoms with Gasteiger partial charge in [0.05, 0.1) is 5.56 Å². The molecule has 0 radical (unpaired) electrons. The minimum absolute atomic E-state index is 0.0924. The summed E-state index contributed by atoms with van der Waals surface area (Å²) in [5.41, 5.74) is 5.87. The van der Waals surface area contributed by atoms with Crippen LogP contribution in [0.15, 0.2) is 36.4 Å². The topological polar surface area (TPSA) is 81.4 Å². The minimum atomic E-state index is -0.837. The lowest BCUT2D eigenvalue weighted by atomic mass is 10.1. The number of rotatable bonds is 3. The Labute approximate surface area is 136 Å². The Morgan fingerprint density at radius 1 is 1.17 bits per heavy atom. The highest BCUT2D eigenvalue weighted by Gasteiger charge is 2.31. The van der Waals surface area contributed by atoms with Gasteiger partial charge in [-0.2, -0.15) is 0 Å². The van der Waals surface area contributed by atoms with Gasteiger partial charge in [0, 0.05) is 11.3 Å². The molecule has 3 rings (SSSR count). The van der Waals surface area contributed by atoms with Crippen molar-refractivity contribution in [3.8, 4) is 0 Å². The zero-order valence-electron chi connectivity index (χ0n) is 12.5. The summed E-state index contributed by atoms with van der Waals surface area (Å²) in [6.45, 7) is 0. The van der Waals surface area contributed by atoms with Gasteiger partial charge in [-0.1, -0.05) is 6.07 Å². The first-order valence-electron chi connectivity index (χ1n) is 7.30. The number of hydrogen-bond acceptors (Lipinski definition) is 3. The number of hydrogen-bond donors (Lipinski definition) is 2. The molecule has 2 amide bonds. The lowest BCUT2D eigenvalue weighted by Crippen LogP contribution is -2.19. The van der Waals surface area contributed by atoms with Crippen LogP contribution in [0.5, 0.6) is 0 Å². The predicted octanol–water partition coefficient (Wildman–Crippen LogP) is 3.30. The Bertz CT molecular complexity index is 823. The molecule has 1 unspecified atom stereocenters. The zero-order valence-corrected chi connectivity index (χ0v) is 12.5. The van der Waals surface area contributed by atoms with Crippen molar-refractivity contribution >= 4 is 17.7 Å². The summed E-state index contributed by atoms with van der Waals surface area (Å²) in [6.07, 6.45) is -0.214. The fraction of sp³-hybridized carbons (Fsp3) is 0.176. The summed E-state index contributed by atoms with van der Waals surface area (Å²) in [5, 5.41) is 2.35. The number of anilines is 1. The molecule has 2 aromatic carbocycles. The van der Waals surface area contributed by atoms with Crippen LogP contribution in [0.1, 0.15) is 34.0 Å². The Morgan fingerprint density at radius 3 is 2.67 bits per heavy atom. The average molecular weight is 332 g/mol. The lowest BCUT2D eigenvalue weighted by Gasteiger charge is -2.14. The highest BCUT2D eigenvalue weighted by Crippen LogP contribution is 2.37. The van der Waals surface area contributed by atoms with Crippen molar-refractivity contribution in [3.63, 3.8) is 0 Å². The standard InChI is InChI=1S/C17H14F2N2O3/c18-12-5-6-13(19)15-11(12)4-7-14(15)24-16(22)9-2-1-3-10(8-9)21-17(20)23/h1-3,5-6,8,14H,4,7H2,(H3,20,21,23). The molecule has 2 aromatic rings. The molecule has 3 N–H and O–H groups in total. The van der Waals surface area contributed by atoms with Crippen LogP contribution in [0.3, 0.4) is 0 Å². The van der Waals surface area contributed by atoms with E-state index in [9.17, 15) is 18.4 Å². The molecule has 0 aromatic heterocycles. The van der Waals surface area contributed by atoms with Gasteiger partial charge in [-0.15, -0.1) is 0 Å². The molecule has 0 bridgehead atoms. The normalized spacial score (nSPS) is 15.7. The first-order chi connectivity index (χ1) is 11.5. The maximum Gasteiger partial charge on any atom is 0.338 e. The first-order valence-corrected chi connectivity index (χ1v) is 7.30. The third kappa shape index (κ3) is 3.05. The van der Waals surface area contributed by atoms with E-state index in [0.717, 1.165) is 12.1 Å². The van der Waals surface area contributed by atoms with Gasteiger partial charge in [-0.3, -0.25) is 0 Å². The molecule has 24 heavy (non-hydrogen) atoms. The number of primary amides is 1. The van der Waals surface area contributed by atoms with Crippen molar-refractivity contribution in [1.82, 2.24) is 0 Å². The van der Waals surface area contributed by atoms with Crippen LogP contribution in [0.2, 0.25) is 0 Å². The number of halogens is 2. The third-order valence-corrected chi connectivity index (χ3v) is 3.84. The number of nitrogens with two attached hydrogens (primary N) is 1. The molecule has 1 atom stereocenters. The Hall–Kier alpha value is -2.96. The van der Waals surface area contributed by atoms with E-state index >= 15 is 0 Å². The second kappa shape index (κ2) is 6.27. The van der Waals surface area contributed by atoms with Gasteiger partial charge in [-0.25, -0.2) is 18.4 Å². The molecule has 0 saturated carbocycles. The molecule has 0 fully saturated rings. The molecule has 5 nitrogen and oxygen atoms in total. The van der Waals surface area contributed by atoms with E-state index in [0.29, 0.717) is 18.5 Å². The van der Waals surface area contributed by atoms with E-state index in [1.165, 1.54) is 12.1 Å². The quantitative estimate of drug-likeness (QED) is 0.846. The molecule has 0 aliphatic heterocycles. The lowest BCUT2D eigenvalue weighted by molar-refractivity contribution is 0.0294. The molecule has 124 valence electrons. The maximum absolute atomic E-state index is 14.0. The number of benzene rings is 2. The molecule has 1 aliphatic carbocycles. The van der Waals surface area contributed by atoms with Gasteiger partial charge in [-0.05, 0) is 48.7 Å². The van der Waals surface area contributed by atoms with Gasteiger partial charge in [0.2, 0.25) is 0 Å². The van der Waals surface area contributed by atoms with Gasteiger partial charge in [0.1, 0.15) is 17.7 Å². The first kappa shape index (κ1) is 15.9. The van der Waals surface area contributed by atoms with E-state index in [1.54, 1.807) is 12.1 Å². The monoisotopic (exact) mass is 332 g/mol. The third-order valence-electron chi connectivity index (χ3n) is 3.84. The molecular formula is C17H14F2N2O3. The Morgan fingerprint density at radius 2 is 1.92 bits per heavy atom. The maximum atomic E-state index is 14.0. The molecular weight excluding hydrogens is 318 g/mol. The van der Waals surface area contributed by atoms with Crippen LogP contribution in [0.4, 0.5) is 19.3 Å². The number of ether oxygens (including phenoxy) is 1. The van der Waals surface area contributed by atoms with Gasteiger partial charge in [0.25, 0.3) is 0 Å². The van der Waals surface area contributed by atoms with Crippen molar-refractivity contribution in [2.45, 2.75) is 18.9 Å².